The molecule has 0 aliphatic rings. The van der Waals surface area contributed by atoms with Gasteiger partial charge in [-0.3, -0.25) is 0 Å². The monoisotopic (exact) mass is 262 g/mol. The second-order valence-electron chi connectivity index (χ2n) is 5.47. The van der Waals surface area contributed by atoms with Gasteiger partial charge < -0.3 is 5.11 Å². The molecule has 108 valence electrons. The molecule has 0 radical (unpaired) electrons. The molecule has 1 nitrogen and oxygen atoms in total. The molecule has 0 aliphatic heterocycles. The Morgan fingerprint density at radius 3 is 1.84 bits per heavy atom. The minimum Gasteiger partial charge on any atom is -0.396 e. The van der Waals surface area contributed by atoms with Crippen LogP contribution in [0.1, 0.15) is 69.4 Å². The lowest BCUT2D eigenvalue weighted by molar-refractivity contribution is 0.299. The van der Waals surface area contributed by atoms with E-state index in [1.54, 1.807) is 0 Å². The molecule has 19 heavy (non-hydrogen) atoms. The van der Waals surface area contributed by atoms with Gasteiger partial charge in [0.05, 0.1) is 0 Å². The van der Waals surface area contributed by atoms with Crippen LogP contribution in [0.3, 0.4) is 0 Å². The van der Waals surface area contributed by atoms with Crippen molar-refractivity contribution in [1.29, 1.82) is 0 Å². The number of benzene rings is 1. The summed E-state index contributed by atoms with van der Waals surface area (Å²) in [7, 11) is 0. The summed E-state index contributed by atoms with van der Waals surface area (Å²) in [5.74, 6) is 0. The van der Waals surface area contributed by atoms with Crippen LogP contribution in [0.5, 0.6) is 0 Å². The summed E-state index contributed by atoms with van der Waals surface area (Å²) in [5, 5.41) is 9.06. The molecule has 0 saturated heterocycles. The number of aliphatic hydroxyl groups is 1. The molecule has 0 unspecified atom stereocenters. The number of rotatable bonds is 11. The maximum absolute atomic E-state index is 9.06. The molecule has 1 aromatic carbocycles. The second-order valence-corrected chi connectivity index (χ2v) is 5.47. The van der Waals surface area contributed by atoms with Crippen LogP contribution in [-0.4, -0.2) is 11.7 Å². The number of hydrogen-bond acceptors (Lipinski definition) is 1. The van der Waals surface area contributed by atoms with Gasteiger partial charge in [-0.05, 0) is 30.4 Å². The summed E-state index contributed by atoms with van der Waals surface area (Å²) < 4.78 is 0. The van der Waals surface area contributed by atoms with Crippen molar-refractivity contribution >= 4 is 0 Å². The van der Waals surface area contributed by atoms with Gasteiger partial charge in [-0.15, -0.1) is 0 Å². The van der Waals surface area contributed by atoms with Crippen LogP contribution < -0.4 is 0 Å². The van der Waals surface area contributed by atoms with E-state index in [0.717, 1.165) is 6.42 Å². The van der Waals surface area contributed by atoms with E-state index in [1.165, 1.54) is 68.9 Å². The molecular formula is C18H30O. The molecule has 0 bridgehead atoms. The lowest BCUT2D eigenvalue weighted by Crippen LogP contribution is -1.97. The molecule has 0 aromatic heterocycles. The van der Waals surface area contributed by atoms with Gasteiger partial charge in [-0.1, -0.05) is 76.1 Å². The van der Waals surface area contributed by atoms with Crippen molar-refractivity contribution in [2.24, 2.45) is 0 Å². The van der Waals surface area contributed by atoms with E-state index in [2.05, 4.69) is 31.2 Å². The smallest absolute Gasteiger partial charge is 0.0471 e. The van der Waals surface area contributed by atoms with Crippen LogP contribution in [-0.2, 0) is 12.8 Å². The van der Waals surface area contributed by atoms with Gasteiger partial charge in [0, 0.05) is 6.61 Å². The SMILES string of the molecule is CCCCCCCCCCc1ccccc1CCO. The summed E-state index contributed by atoms with van der Waals surface area (Å²) in [5.41, 5.74) is 2.76. The molecule has 0 fully saturated rings. The summed E-state index contributed by atoms with van der Waals surface area (Å²) in [6.45, 7) is 2.53. The van der Waals surface area contributed by atoms with Crippen LogP contribution in [0.4, 0.5) is 0 Å². The first-order valence-corrected chi connectivity index (χ1v) is 8.06. The fraction of sp³-hybridized carbons (Fsp3) is 0.667. The van der Waals surface area contributed by atoms with Crippen LogP contribution in [0.2, 0.25) is 0 Å². The van der Waals surface area contributed by atoms with Gasteiger partial charge in [0.25, 0.3) is 0 Å². The molecule has 0 spiro atoms. The Hall–Kier alpha value is -0.820. The first-order chi connectivity index (χ1) is 9.38. The third-order valence-corrected chi connectivity index (χ3v) is 3.80. The Bertz CT molecular complexity index is 319. The molecule has 1 N–H and O–H groups in total. The zero-order valence-corrected chi connectivity index (χ0v) is 12.5. The van der Waals surface area contributed by atoms with E-state index < -0.39 is 0 Å². The van der Waals surface area contributed by atoms with E-state index >= 15 is 0 Å². The zero-order valence-electron chi connectivity index (χ0n) is 12.5. The normalized spacial score (nSPS) is 10.8. The standard InChI is InChI=1S/C18H30O/c1-2-3-4-5-6-7-8-9-12-17-13-10-11-14-18(17)15-16-19/h10-11,13-14,19H,2-9,12,15-16H2,1H3. The minimum absolute atomic E-state index is 0.258. The highest BCUT2D eigenvalue weighted by Crippen LogP contribution is 2.15. The average Bonchev–Trinajstić information content (AvgIpc) is 2.44. The zero-order chi connectivity index (χ0) is 13.8. The van der Waals surface area contributed by atoms with Crippen molar-refractivity contribution in [1.82, 2.24) is 0 Å². The van der Waals surface area contributed by atoms with Gasteiger partial charge >= 0.3 is 0 Å². The van der Waals surface area contributed by atoms with Crippen molar-refractivity contribution in [3.05, 3.63) is 35.4 Å². The molecular weight excluding hydrogens is 232 g/mol. The molecule has 1 rings (SSSR count). The maximum atomic E-state index is 9.06. The van der Waals surface area contributed by atoms with Gasteiger partial charge in [-0.2, -0.15) is 0 Å². The Morgan fingerprint density at radius 1 is 0.737 bits per heavy atom. The van der Waals surface area contributed by atoms with E-state index in [4.69, 9.17) is 5.11 Å². The van der Waals surface area contributed by atoms with E-state index in [9.17, 15) is 0 Å². The van der Waals surface area contributed by atoms with Crippen molar-refractivity contribution in [3.8, 4) is 0 Å². The Labute approximate surface area is 119 Å². The Kier molecular flexibility index (Phi) is 9.44. The summed E-state index contributed by atoms with van der Waals surface area (Å²) in [4.78, 5) is 0. The first kappa shape index (κ1) is 16.2. The van der Waals surface area contributed by atoms with Crippen molar-refractivity contribution in [3.63, 3.8) is 0 Å². The summed E-state index contributed by atoms with van der Waals surface area (Å²) in [6.07, 6.45) is 12.9. The molecule has 1 aromatic rings. The Morgan fingerprint density at radius 2 is 1.26 bits per heavy atom. The number of aryl methyl sites for hydroxylation is 1. The topological polar surface area (TPSA) is 20.2 Å². The van der Waals surface area contributed by atoms with Gasteiger partial charge in [0.1, 0.15) is 0 Å². The summed E-state index contributed by atoms with van der Waals surface area (Å²) in [6, 6.07) is 8.55. The van der Waals surface area contributed by atoms with E-state index in [1.807, 2.05) is 0 Å². The van der Waals surface area contributed by atoms with Crippen LogP contribution in [0.15, 0.2) is 24.3 Å². The van der Waals surface area contributed by atoms with Crippen LogP contribution >= 0.6 is 0 Å². The lowest BCUT2D eigenvalue weighted by Gasteiger charge is -2.08. The Balaban J connectivity index is 2.12. The largest absolute Gasteiger partial charge is 0.396 e. The molecule has 0 aliphatic carbocycles. The van der Waals surface area contributed by atoms with Gasteiger partial charge in [0.15, 0.2) is 0 Å². The predicted octanol–water partition coefficient (Wildman–Crippen LogP) is 4.90. The van der Waals surface area contributed by atoms with Crippen molar-refractivity contribution in [2.75, 3.05) is 6.61 Å². The van der Waals surface area contributed by atoms with Crippen LogP contribution in [0.25, 0.3) is 0 Å². The molecule has 0 heterocycles. The number of unbranched alkanes of at least 4 members (excludes halogenated alkanes) is 7. The number of aliphatic hydroxyl groups excluding tert-OH is 1. The van der Waals surface area contributed by atoms with E-state index in [-0.39, 0.29) is 6.61 Å². The first-order valence-electron chi connectivity index (χ1n) is 8.06. The fourth-order valence-corrected chi connectivity index (χ4v) is 2.62. The highest BCUT2D eigenvalue weighted by atomic mass is 16.2. The fourth-order valence-electron chi connectivity index (χ4n) is 2.62. The summed E-state index contributed by atoms with van der Waals surface area (Å²) >= 11 is 0. The van der Waals surface area contributed by atoms with Gasteiger partial charge in [-0.25, -0.2) is 0 Å². The lowest BCUT2D eigenvalue weighted by atomic mass is 9.98. The van der Waals surface area contributed by atoms with Crippen LogP contribution in [0, 0.1) is 0 Å². The molecule has 0 saturated carbocycles. The molecule has 0 atom stereocenters. The van der Waals surface area contributed by atoms with Crippen molar-refractivity contribution in [2.45, 2.75) is 71.1 Å². The maximum Gasteiger partial charge on any atom is 0.0471 e. The third kappa shape index (κ3) is 7.37. The van der Waals surface area contributed by atoms with Crippen molar-refractivity contribution < 1.29 is 5.11 Å². The minimum atomic E-state index is 0.258. The molecule has 1 heteroatoms. The molecule has 0 amide bonds. The highest BCUT2D eigenvalue weighted by molar-refractivity contribution is 5.27. The average molecular weight is 262 g/mol. The van der Waals surface area contributed by atoms with Gasteiger partial charge in [0.2, 0.25) is 0 Å². The number of hydrogen-bond donors (Lipinski definition) is 1. The second kappa shape index (κ2) is 11.0. The predicted molar refractivity (Wildman–Crippen MR) is 83.5 cm³/mol. The van der Waals surface area contributed by atoms with E-state index in [0.29, 0.717) is 0 Å². The third-order valence-electron chi connectivity index (χ3n) is 3.80. The quantitative estimate of drug-likeness (QED) is 0.562. The highest BCUT2D eigenvalue weighted by Gasteiger charge is 2.01.